The first-order valence-electron chi connectivity index (χ1n) is 19.4. The van der Waals surface area contributed by atoms with Crippen molar-refractivity contribution in [3.05, 3.63) is 218 Å². The Morgan fingerprint density at radius 1 is 0.298 bits per heavy atom. The molecule has 2 heterocycles. The summed E-state index contributed by atoms with van der Waals surface area (Å²) in [5.41, 5.74) is 14.1. The van der Waals surface area contributed by atoms with Crippen LogP contribution in [0.15, 0.2) is 218 Å². The van der Waals surface area contributed by atoms with Gasteiger partial charge in [0.15, 0.2) is 0 Å². The lowest BCUT2D eigenvalue weighted by Crippen LogP contribution is -2.09. The zero-order valence-electron chi connectivity index (χ0n) is 31.1. The lowest BCUT2D eigenvalue weighted by Gasteiger charge is -2.26. The lowest BCUT2D eigenvalue weighted by atomic mass is 10.0. The van der Waals surface area contributed by atoms with E-state index in [0.717, 1.165) is 22.7 Å². The highest BCUT2D eigenvalue weighted by molar-refractivity contribution is 7.25. The number of fused-ring (bicyclic) bond motifs is 6. The Labute approximate surface area is 335 Å². The summed E-state index contributed by atoms with van der Waals surface area (Å²) in [6, 6.07) is 79.3. The lowest BCUT2D eigenvalue weighted by molar-refractivity contribution is 1.18. The summed E-state index contributed by atoms with van der Waals surface area (Å²) >= 11 is 1.85. The van der Waals surface area contributed by atoms with Crippen molar-refractivity contribution < 1.29 is 0 Å². The molecule has 0 unspecified atom stereocenters. The van der Waals surface area contributed by atoms with Crippen molar-refractivity contribution >= 4 is 70.4 Å². The normalized spacial score (nSPS) is 11.5. The van der Waals surface area contributed by atoms with E-state index in [1.54, 1.807) is 0 Å². The molecule has 0 bridgehead atoms. The van der Waals surface area contributed by atoms with Crippen LogP contribution < -0.4 is 4.90 Å². The topological polar surface area (TPSA) is 8.17 Å². The largest absolute Gasteiger partial charge is 0.310 e. The van der Waals surface area contributed by atoms with Crippen LogP contribution in [0.2, 0.25) is 0 Å². The minimum absolute atomic E-state index is 1.11. The number of para-hydroxylation sites is 1. The van der Waals surface area contributed by atoms with Gasteiger partial charge in [0.05, 0.1) is 11.0 Å². The molecule has 3 heteroatoms. The molecule has 0 aliphatic carbocycles. The van der Waals surface area contributed by atoms with Gasteiger partial charge >= 0.3 is 0 Å². The van der Waals surface area contributed by atoms with E-state index in [-0.39, 0.29) is 0 Å². The van der Waals surface area contributed by atoms with Gasteiger partial charge in [0, 0.05) is 53.7 Å². The molecule has 0 atom stereocenters. The summed E-state index contributed by atoms with van der Waals surface area (Å²) in [6.45, 7) is 0. The van der Waals surface area contributed by atoms with Crippen molar-refractivity contribution in [2.45, 2.75) is 0 Å². The van der Waals surface area contributed by atoms with Crippen LogP contribution in [-0.2, 0) is 0 Å². The van der Waals surface area contributed by atoms with Crippen LogP contribution in [0.3, 0.4) is 0 Å². The fourth-order valence-corrected chi connectivity index (χ4v) is 9.49. The Kier molecular flexibility index (Phi) is 8.04. The third-order valence-electron chi connectivity index (χ3n) is 11.2. The molecule has 0 aliphatic rings. The highest BCUT2D eigenvalue weighted by Crippen LogP contribution is 2.42. The number of anilines is 3. The van der Waals surface area contributed by atoms with E-state index in [4.69, 9.17) is 0 Å². The Hall–Kier alpha value is -7.20. The molecule has 0 spiro atoms. The van der Waals surface area contributed by atoms with Crippen molar-refractivity contribution in [1.82, 2.24) is 4.57 Å². The second-order valence-electron chi connectivity index (χ2n) is 14.6. The summed E-state index contributed by atoms with van der Waals surface area (Å²) in [4.78, 5) is 2.37. The summed E-state index contributed by atoms with van der Waals surface area (Å²) < 4.78 is 5.02. The van der Waals surface area contributed by atoms with Gasteiger partial charge in [0.1, 0.15) is 0 Å². The first-order chi connectivity index (χ1) is 28.2. The number of nitrogens with zero attached hydrogens (tertiary/aromatic N) is 2. The van der Waals surface area contributed by atoms with Gasteiger partial charge in [-0.25, -0.2) is 0 Å². The third kappa shape index (κ3) is 5.88. The molecule has 2 nitrogen and oxygen atoms in total. The smallest absolute Gasteiger partial charge is 0.0547 e. The average Bonchev–Trinajstić information content (AvgIpc) is 3.83. The standard InChI is InChI=1S/C54H36N2S/c1-3-11-37(12-4-1)39-19-26-43(27-20-39)55(46-32-34-54-50(36-46)49-16-8-10-18-53(49)57-54)44-28-21-40(22-29-44)41-23-30-45(31-24-41)56-51-17-9-7-15-47(51)48-33-25-42(35-52(48)56)38-13-5-2-6-14-38/h1-36H. The molecule has 57 heavy (non-hydrogen) atoms. The van der Waals surface area contributed by atoms with Crippen LogP contribution >= 0.6 is 11.3 Å². The molecule has 0 amide bonds. The molecular weight excluding hydrogens is 709 g/mol. The van der Waals surface area contributed by atoms with Gasteiger partial charge in [-0.3, -0.25) is 0 Å². The van der Waals surface area contributed by atoms with Crippen LogP contribution in [0.1, 0.15) is 0 Å². The monoisotopic (exact) mass is 744 g/mol. The van der Waals surface area contributed by atoms with Crippen molar-refractivity contribution in [2.75, 3.05) is 4.90 Å². The van der Waals surface area contributed by atoms with E-state index in [0.29, 0.717) is 0 Å². The Balaban J connectivity index is 0.964. The van der Waals surface area contributed by atoms with Crippen molar-refractivity contribution in [1.29, 1.82) is 0 Å². The summed E-state index contributed by atoms with van der Waals surface area (Å²) in [5, 5.41) is 5.11. The molecule has 0 saturated heterocycles. The Morgan fingerprint density at radius 2 is 0.772 bits per heavy atom. The average molecular weight is 745 g/mol. The first-order valence-corrected chi connectivity index (χ1v) is 20.2. The molecular formula is C54H36N2S. The van der Waals surface area contributed by atoms with Crippen LogP contribution in [-0.4, -0.2) is 4.57 Å². The molecule has 11 rings (SSSR count). The zero-order chi connectivity index (χ0) is 37.7. The van der Waals surface area contributed by atoms with Gasteiger partial charge < -0.3 is 9.47 Å². The summed E-state index contributed by atoms with van der Waals surface area (Å²) in [7, 11) is 0. The van der Waals surface area contributed by atoms with Gasteiger partial charge in [-0.05, 0) is 106 Å². The van der Waals surface area contributed by atoms with Crippen LogP contribution in [0.5, 0.6) is 0 Å². The molecule has 11 aromatic rings. The van der Waals surface area contributed by atoms with Crippen molar-refractivity contribution in [3.8, 4) is 39.1 Å². The minimum atomic E-state index is 1.11. The van der Waals surface area contributed by atoms with Crippen LogP contribution in [0.4, 0.5) is 17.1 Å². The highest BCUT2D eigenvalue weighted by atomic mass is 32.1. The SMILES string of the molecule is c1ccc(-c2ccc(N(c3ccc(-c4ccc(-n5c6ccccc6c6ccc(-c7ccccc7)cc65)cc4)cc3)c3ccc4sc5ccccc5c4c3)cc2)cc1. The van der Waals surface area contributed by atoms with E-state index in [9.17, 15) is 0 Å². The second-order valence-corrected chi connectivity index (χ2v) is 15.7. The molecule has 9 aromatic carbocycles. The molecule has 268 valence electrons. The fraction of sp³-hybridized carbons (Fsp3) is 0. The third-order valence-corrected chi connectivity index (χ3v) is 12.4. The molecule has 0 radical (unpaired) electrons. The summed E-state index contributed by atoms with van der Waals surface area (Å²) in [5.74, 6) is 0. The van der Waals surface area contributed by atoms with Gasteiger partial charge in [-0.15, -0.1) is 11.3 Å². The van der Waals surface area contributed by atoms with E-state index in [1.165, 1.54) is 75.4 Å². The number of rotatable bonds is 7. The zero-order valence-corrected chi connectivity index (χ0v) is 31.9. The Morgan fingerprint density at radius 3 is 1.44 bits per heavy atom. The first kappa shape index (κ1) is 33.2. The predicted octanol–water partition coefficient (Wildman–Crippen LogP) is 15.6. The van der Waals surface area contributed by atoms with Crippen LogP contribution in [0.25, 0.3) is 81.0 Å². The minimum Gasteiger partial charge on any atom is -0.310 e. The second kappa shape index (κ2) is 13.8. The number of aromatic nitrogens is 1. The molecule has 0 saturated carbocycles. The molecule has 0 aliphatic heterocycles. The summed E-state index contributed by atoms with van der Waals surface area (Å²) in [6.07, 6.45) is 0. The van der Waals surface area contributed by atoms with Crippen molar-refractivity contribution in [3.63, 3.8) is 0 Å². The maximum absolute atomic E-state index is 2.40. The van der Waals surface area contributed by atoms with Gasteiger partial charge in [-0.2, -0.15) is 0 Å². The van der Waals surface area contributed by atoms with Gasteiger partial charge in [0.25, 0.3) is 0 Å². The Bertz CT molecular complexity index is 3200. The van der Waals surface area contributed by atoms with Gasteiger partial charge in [-0.1, -0.05) is 146 Å². The predicted molar refractivity (Wildman–Crippen MR) is 245 cm³/mol. The number of thiophene rings is 1. The quantitative estimate of drug-likeness (QED) is 0.158. The van der Waals surface area contributed by atoms with Gasteiger partial charge in [0.2, 0.25) is 0 Å². The molecule has 0 N–H and O–H groups in total. The fourth-order valence-electron chi connectivity index (χ4n) is 8.40. The van der Waals surface area contributed by atoms with Crippen molar-refractivity contribution in [2.24, 2.45) is 0 Å². The number of benzene rings is 9. The maximum atomic E-state index is 2.40. The van der Waals surface area contributed by atoms with E-state index < -0.39 is 0 Å². The van der Waals surface area contributed by atoms with Crippen LogP contribution in [0, 0.1) is 0 Å². The van der Waals surface area contributed by atoms with E-state index >= 15 is 0 Å². The number of hydrogen-bond acceptors (Lipinski definition) is 2. The highest BCUT2D eigenvalue weighted by Gasteiger charge is 2.17. The maximum Gasteiger partial charge on any atom is 0.0547 e. The van der Waals surface area contributed by atoms with E-state index in [1.807, 2.05) is 11.3 Å². The molecule has 2 aromatic heterocycles. The van der Waals surface area contributed by atoms with E-state index in [2.05, 4.69) is 228 Å². The number of hydrogen-bond donors (Lipinski definition) is 0. The molecule has 0 fully saturated rings.